The lowest BCUT2D eigenvalue weighted by Gasteiger charge is -2.26. The Kier molecular flexibility index (Phi) is 6.18. The van der Waals surface area contributed by atoms with Gasteiger partial charge in [-0.1, -0.05) is 31.5 Å². The molecule has 1 aliphatic heterocycles. The minimum atomic E-state index is -0.477. The van der Waals surface area contributed by atoms with Crippen LogP contribution in [0.4, 0.5) is 0 Å². The number of ether oxygens (including phenoxy) is 2. The van der Waals surface area contributed by atoms with Crippen LogP contribution in [0.3, 0.4) is 0 Å². The number of benzene rings is 2. The first-order chi connectivity index (χ1) is 17.1. The number of nitrogens with one attached hydrogen (secondary N) is 1. The molecule has 0 fully saturated rings. The molecule has 2 aromatic heterocycles. The summed E-state index contributed by atoms with van der Waals surface area (Å²) in [7, 11) is 1.60. The fourth-order valence-corrected chi connectivity index (χ4v) is 4.46. The number of rotatable bonds is 9. The molecule has 0 saturated carbocycles. The van der Waals surface area contributed by atoms with Crippen molar-refractivity contribution in [1.29, 1.82) is 0 Å². The Morgan fingerprint density at radius 1 is 1.14 bits per heavy atom. The van der Waals surface area contributed by atoms with Gasteiger partial charge in [-0.05, 0) is 48.4 Å². The van der Waals surface area contributed by atoms with Crippen molar-refractivity contribution >= 4 is 5.91 Å². The molecule has 8 heteroatoms. The molecular formula is C27H27N3O5. The average molecular weight is 474 g/mol. The predicted molar refractivity (Wildman–Crippen MR) is 130 cm³/mol. The number of fused-ring (bicyclic) bond motifs is 1. The normalized spacial score (nSPS) is 14.9. The van der Waals surface area contributed by atoms with Crippen LogP contribution in [0.15, 0.2) is 65.3 Å². The highest BCUT2D eigenvalue weighted by Crippen LogP contribution is 2.46. The molecule has 35 heavy (non-hydrogen) atoms. The summed E-state index contributed by atoms with van der Waals surface area (Å²) in [4.78, 5) is 15.3. The molecule has 0 bridgehead atoms. The van der Waals surface area contributed by atoms with Gasteiger partial charge in [0.15, 0.2) is 11.5 Å². The van der Waals surface area contributed by atoms with Gasteiger partial charge in [0.05, 0.1) is 32.6 Å². The molecule has 0 aliphatic carbocycles. The molecule has 0 radical (unpaired) electrons. The highest BCUT2D eigenvalue weighted by Gasteiger charge is 2.43. The summed E-state index contributed by atoms with van der Waals surface area (Å²) >= 11 is 0. The Labute approximate surface area is 203 Å². The number of furan rings is 1. The maximum Gasteiger partial charge on any atom is 0.273 e. The predicted octanol–water partition coefficient (Wildman–Crippen LogP) is 5.31. The summed E-state index contributed by atoms with van der Waals surface area (Å²) in [6.45, 7) is 2.98. The van der Waals surface area contributed by atoms with Gasteiger partial charge >= 0.3 is 0 Å². The standard InChI is InChI=1S/C27H27N3O5/c1-3-4-13-35-21-12-11-17(15-22(21)33-2)26-23-24(19-9-5-6-10-20(19)31)28-29-25(23)27(32)30(26)16-18-8-7-14-34-18/h5-12,14-15,26,31H,3-4,13,16H2,1-2H3,(H,28,29). The molecule has 2 aromatic carbocycles. The van der Waals surface area contributed by atoms with Crippen molar-refractivity contribution in [2.75, 3.05) is 13.7 Å². The van der Waals surface area contributed by atoms with Gasteiger partial charge in [-0.3, -0.25) is 9.89 Å². The maximum absolute atomic E-state index is 13.5. The van der Waals surface area contributed by atoms with Gasteiger partial charge in [0.1, 0.15) is 22.9 Å². The van der Waals surface area contributed by atoms with Crippen molar-refractivity contribution in [3.05, 3.63) is 83.4 Å². The fourth-order valence-electron chi connectivity index (χ4n) is 4.46. The lowest BCUT2D eigenvalue weighted by Crippen LogP contribution is -2.29. The number of hydrogen-bond donors (Lipinski definition) is 2. The molecule has 4 aromatic rings. The van der Waals surface area contributed by atoms with E-state index in [1.165, 1.54) is 0 Å². The Bertz CT molecular complexity index is 1330. The third-order valence-electron chi connectivity index (χ3n) is 6.19. The van der Waals surface area contributed by atoms with Gasteiger partial charge < -0.3 is 23.9 Å². The summed E-state index contributed by atoms with van der Waals surface area (Å²) < 4.78 is 17.1. The molecule has 2 N–H and O–H groups in total. The third-order valence-corrected chi connectivity index (χ3v) is 6.19. The summed E-state index contributed by atoms with van der Waals surface area (Å²) in [5, 5.41) is 17.9. The SMILES string of the molecule is CCCCOc1ccc(C2c3c(-c4ccccc4O)n[nH]c3C(=O)N2Cc2ccco2)cc1OC. The van der Waals surface area contributed by atoms with Gasteiger partial charge in [-0.2, -0.15) is 5.10 Å². The number of aromatic amines is 1. The zero-order chi connectivity index (χ0) is 24.4. The second-order valence-corrected chi connectivity index (χ2v) is 8.41. The molecule has 3 heterocycles. The van der Waals surface area contributed by atoms with Crippen molar-refractivity contribution in [2.24, 2.45) is 0 Å². The van der Waals surface area contributed by atoms with Gasteiger partial charge in [0, 0.05) is 11.1 Å². The number of hydrogen-bond acceptors (Lipinski definition) is 6. The van der Waals surface area contributed by atoms with E-state index in [2.05, 4.69) is 17.1 Å². The summed E-state index contributed by atoms with van der Waals surface area (Å²) in [6.07, 6.45) is 3.57. The van der Waals surface area contributed by atoms with Crippen LogP contribution in [-0.2, 0) is 6.54 Å². The van der Waals surface area contributed by atoms with E-state index < -0.39 is 6.04 Å². The first-order valence-corrected chi connectivity index (χ1v) is 11.6. The molecule has 5 rings (SSSR count). The number of nitrogens with zero attached hydrogens (tertiary/aromatic N) is 2. The van der Waals surface area contributed by atoms with Crippen LogP contribution in [0.2, 0.25) is 0 Å². The lowest BCUT2D eigenvalue weighted by molar-refractivity contribution is 0.0716. The van der Waals surface area contributed by atoms with Crippen LogP contribution in [0.25, 0.3) is 11.3 Å². The zero-order valence-electron chi connectivity index (χ0n) is 19.7. The van der Waals surface area contributed by atoms with Crippen molar-refractivity contribution in [3.8, 4) is 28.5 Å². The number of H-pyrrole nitrogens is 1. The summed E-state index contributed by atoms with van der Waals surface area (Å²) in [5.41, 5.74) is 3.00. The van der Waals surface area contributed by atoms with Gasteiger partial charge in [0.25, 0.3) is 5.91 Å². The second-order valence-electron chi connectivity index (χ2n) is 8.41. The minimum absolute atomic E-state index is 0.0923. The van der Waals surface area contributed by atoms with E-state index in [0.717, 1.165) is 18.4 Å². The molecule has 1 aliphatic rings. The highest BCUT2D eigenvalue weighted by molar-refractivity contribution is 6.00. The zero-order valence-corrected chi connectivity index (χ0v) is 19.7. The van der Waals surface area contributed by atoms with E-state index in [0.29, 0.717) is 46.4 Å². The number of methoxy groups -OCH3 is 1. The number of carbonyl (C=O) groups excluding carboxylic acids is 1. The van der Waals surface area contributed by atoms with E-state index in [1.807, 2.05) is 30.3 Å². The highest BCUT2D eigenvalue weighted by atomic mass is 16.5. The third kappa shape index (κ3) is 4.12. The largest absolute Gasteiger partial charge is 0.507 e. The Morgan fingerprint density at radius 2 is 2.00 bits per heavy atom. The van der Waals surface area contributed by atoms with Crippen molar-refractivity contribution in [1.82, 2.24) is 15.1 Å². The Hall–Kier alpha value is -4.20. The van der Waals surface area contributed by atoms with Crippen molar-refractivity contribution in [3.63, 3.8) is 0 Å². The van der Waals surface area contributed by atoms with E-state index in [9.17, 15) is 9.90 Å². The smallest absolute Gasteiger partial charge is 0.273 e. The lowest BCUT2D eigenvalue weighted by atomic mass is 9.95. The first kappa shape index (κ1) is 22.6. The second kappa shape index (κ2) is 9.58. The molecule has 0 saturated heterocycles. The summed E-state index contributed by atoms with van der Waals surface area (Å²) in [6, 6.07) is 15.8. The number of aromatic hydroxyl groups is 1. The first-order valence-electron chi connectivity index (χ1n) is 11.6. The van der Waals surface area contributed by atoms with Gasteiger partial charge in [-0.25, -0.2) is 0 Å². The number of phenolic OH excluding ortho intramolecular Hbond substituents is 1. The molecule has 180 valence electrons. The molecule has 0 spiro atoms. The van der Waals surface area contributed by atoms with Crippen LogP contribution in [0.5, 0.6) is 17.2 Å². The van der Waals surface area contributed by atoms with Gasteiger partial charge in [0.2, 0.25) is 0 Å². The van der Waals surface area contributed by atoms with E-state index >= 15 is 0 Å². The maximum atomic E-state index is 13.5. The Balaban J connectivity index is 1.61. The molecule has 1 unspecified atom stereocenters. The number of amides is 1. The number of carbonyl (C=O) groups is 1. The monoisotopic (exact) mass is 473 g/mol. The van der Waals surface area contributed by atoms with Crippen LogP contribution in [0, 0.1) is 0 Å². The number of phenols is 1. The van der Waals surface area contributed by atoms with Crippen molar-refractivity contribution < 1.29 is 23.8 Å². The van der Waals surface area contributed by atoms with E-state index in [1.54, 1.807) is 42.5 Å². The van der Waals surface area contributed by atoms with Crippen molar-refractivity contribution in [2.45, 2.75) is 32.4 Å². The average Bonchev–Trinajstić information content (AvgIpc) is 3.59. The van der Waals surface area contributed by atoms with E-state index in [-0.39, 0.29) is 18.2 Å². The Morgan fingerprint density at radius 3 is 2.74 bits per heavy atom. The topological polar surface area (TPSA) is 101 Å². The van der Waals surface area contributed by atoms with E-state index in [4.69, 9.17) is 13.9 Å². The number of aromatic nitrogens is 2. The molecule has 8 nitrogen and oxygen atoms in total. The summed E-state index contributed by atoms with van der Waals surface area (Å²) in [5.74, 6) is 1.80. The van der Waals surface area contributed by atoms with Crippen LogP contribution in [0.1, 0.15) is 53.2 Å². The molecule has 1 amide bonds. The van der Waals surface area contributed by atoms with Crippen LogP contribution in [-0.4, -0.2) is 39.8 Å². The quantitative estimate of drug-likeness (QED) is 0.320. The minimum Gasteiger partial charge on any atom is -0.507 e. The molecular weight excluding hydrogens is 446 g/mol. The number of unbranched alkanes of at least 4 members (excludes halogenated alkanes) is 1. The number of para-hydroxylation sites is 1. The van der Waals surface area contributed by atoms with Gasteiger partial charge in [-0.15, -0.1) is 0 Å². The molecule has 1 atom stereocenters. The fraction of sp³-hybridized carbons (Fsp3) is 0.259. The van der Waals surface area contributed by atoms with Crippen LogP contribution < -0.4 is 9.47 Å². The van der Waals surface area contributed by atoms with Crippen LogP contribution >= 0.6 is 0 Å².